The summed E-state index contributed by atoms with van der Waals surface area (Å²) in [6.07, 6.45) is 1.55. The summed E-state index contributed by atoms with van der Waals surface area (Å²) in [5.41, 5.74) is 3.60. The average Bonchev–Trinajstić information content (AvgIpc) is 3.09. The molecule has 0 spiro atoms. The van der Waals surface area contributed by atoms with E-state index in [1.165, 1.54) is 18.2 Å². The number of aromatic carboxylic acids is 1. The van der Waals surface area contributed by atoms with E-state index in [0.717, 1.165) is 27.7 Å². The number of para-hydroxylation sites is 1. The van der Waals surface area contributed by atoms with Gasteiger partial charge in [-0.15, -0.1) is 0 Å². The van der Waals surface area contributed by atoms with Crippen LogP contribution in [-0.4, -0.2) is 21.6 Å². The van der Waals surface area contributed by atoms with Crippen molar-refractivity contribution in [3.8, 4) is 6.07 Å². The maximum atomic E-state index is 12.9. The number of rotatable bonds is 6. The highest BCUT2D eigenvalue weighted by molar-refractivity contribution is 6.35. The Bertz CT molecular complexity index is 1550. The number of fused-ring (bicyclic) bond motifs is 1. The van der Waals surface area contributed by atoms with Crippen molar-refractivity contribution >= 4 is 57.7 Å². The molecule has 6 nitrogen and oxygen atoms in total. The van der Waals surface area contributed by atoms with E-state index in [9.17, 15) is 14.9 Å². The first kappa shape index (κ1) is 24.1. The standard InChI is InChI=1S/C27H19Cl2N3O3/c1-16-23(12-19(14-30)26(33)31-21-6-4-5-17(11-21)27(34)35)22-7-2-3-8-25(22)32(16)15-18-9-10-20(28)13-24(18)29/h2-13H,15H2,1H3,(H,31,33)(H,34,35)/b19-12-. The Morgan fingerprint density at radius 3 is 2.57 bits per heavy atom. The van der Waals surface area contributed by atoms with Crippen LogP contribution in [0.3, 0.4) is 0 Å². The maximum Gasteiger partial charge on any atom is 0.335 e. The van der Waals surface area contributed by atoms with E-state index in [1.807, 2.05) is 43.3 Å². The Morgan fingerprint density at radius 1 is 1.09 bits per heavy atom. The van der Waals surface area contributed by atoms with E-state index in [-0.39, 0.29) is 16.8 Å². The van der Waals surface area contributed by atoms with Gasteiger partial charge in [0.2, 0.25) is 0 Å². The number of hydrogen-bond donors (Lipinski definition) is 2. The highest BCUT2D eigenvalue weighted by Crippen LogP contribution is 2.30. The lowest BCUT2D eigenvalue weighted by molar-refractivity contribution is -0.112. The molecule has 0 bridgehead atoms. The third kappa shape index (κ3) is 5.07. The molecule has 0 aliphatic heterocycles. The lowest BCUT2D eigenvalue weighted by Crippen LogP contribution is -2.14. The van der Waals surface area contributed by atoms with Crippen LogP contribution in [0.15, 0.2) is 72.3 Å². The van der Waals surface area contributed by atoms with Gasteiger partial charge in [-0.1, -0.05) is 53.5 Å². The molecule has 0 aliphatic carbocycles. The number of carboxylic acid groups (broad SMARTS) is 1. The summed E-state index contributed by atoms with van der Waals surface area (Å²) in [6, 6.07) is 20.8. The molecule has 8 heteroatoms. The molecule has 0 atom stereocenters. The van der Waals surface area contributed by atoms with Gasteiger partial charge in [-0.2, -0.15) is 5.26 Å². The van der Waals surface area contributed by atoms with Crippen molar-refractivity contribution < 1.29 is 14.7 Å². The van der Waals surface area contributed by atoms with Crippen molar-refractivity contribution in [1.29, 1.82) is 5.26 Å². The number of nitrogens with zero attached hydrogens (tertiary/aromatic N) is 2. The van der Waals surface area contributed by atoms with Gasteiger partial charge in [0.25, 0.3) is 5.91 Å². The second-order valence-electron chi connectivity index (χ2n) is 7.85. The van der Waals surface area contributed by atoms with Gasteiger partial charge in [0.1, 0.15) is 11.6 Å². The third-order valence-corrected chi connectivity index (χ3v) is 6.23. The largest absolute Gasteiger partial charge is 0.478 e. The van der Waals surface area contributed by atoms with Crippen LogP contribution >= 0.6 is 23.2 Å². The zero-order chi connectivity index (χ0) is 25.1. The van der Waals surface area contributed by atoms with E-state index in [2.05, 4.69) is 9.88 Å². The van der Waals surface area contributed by atoms with Crippen LogP contribution < -0.4 is 5.32 Å². The van der Waals surface area contributed by atoms with E-state index in [1.54, 1.807) is 24.3 Å². The molecule has 0 saturated carbocycles. The summed E-state index contributed by atoms with van der Waals surface area (Å²) in [4.78, 5) is 24.1. The number of carbonyl (C=O) groups is 2. The summed E-state index contributed by atoms with van der Waals surface area (Å²) >= 11 is 12.4. The summed E-state index contributed by atoms with van der Waals surface area (Å²) in [6.45, 7) is 2.39. The van der Waals surface area contributed by atoms with Crippen LogP contribution in [0.1, 0.15) is 27.2 Å². The number of carbonyl (C=O) groups excluding carboxylic acids is 1. The van der Waals surface area contributed by atoms with Gasteiger partial charge in [-0.25, -0.2) is 4.79 Å². The minimum absolute atomic E-state index is 0.0325. The quantitative estimate of drug-likeness (QED) is 0.230. The van der Waals surface area contributed by atoms with Crippen molar-refractivity contribution in [3.63, 3.8) is 0 Å². The average molecular weight is 504 g/mol. The predicted molar refractivity (Wildman–Crippen MR) is 138 cm³/mol. The number of nitrogens with one attached hydrogen (secondary N) is 1. The van der Waals surface area contributed by atoms with Crippen LogP contribution in [0.5, 0.6) is 0 Å². The van der Waals surface area contributed by atoms with Crippen molar-refractivity contribution in [3.05, 3.63) is 105 Å². The fraction of sp³-hybridized carbons (Fsp3) is 0.0741. The number of nitriles is 1. The highest BCUT2D eigenvalue weighted by atomic mass is 35.5. The summed E-state index contributed by atoms with van der Waals surface area (Å²) in [5, 5.41) is 23.5. The molecular formula is C27H19Cl2N3O3. The van der Waals surface area contributed by atoms with Gasteiger partial charge in [0.05, 0.1) is 5.56 Å². The molecule has 0 fully saturated rings. The second-order valence-corrected chi connectivity index (χ2v) is 8.69. The molecule has 0 aliphatic rings. The highest BCUT2D eigenvalue weighted by Gasteiger charge is 2.17. The summed E-state index contributed by atoms with van der Waals surface area (Å²) in [5.74, 6) is -1.74. The van der Waals surface area contributed by atoms with Gasteiger partial charge in [0, 0.05) is 44.4 Å². The topological polar surface area (TPSA) is 95.1 Å². The molecule has 174 valence electrons. The van der Waals surface area contributed by atoms with Crippen molar-refractivity contribution in [2.75, 3.05) is 5.32 Å². The van der Waals surface area contributed by atoms with Gasteiger partial charge >= 0.3 is 5.97 Å². The van der Waals surface area contributed by atoms with Gasteiger partial charge in [-0.05, 0) is 55.0 Å². The molecule has 4 aromatic rings. The van der Waals surface area contributed by atoms with E-state index < -0.39 is 11.9 Å². The lowest BCUT2D eigenvalue weighted by Gasteiger charge is -2.11. The first-order valence-electron chi connectivity index (χ1n) is 10.6. The molecule has 3 aromatic carbocycles. The van der Waals surface area contributed by atoms with Crippen LogP contribution in [-0.2, 0) is 11.3 Å². The molecule has 4 rings (SSSR count). The minimum atomic E-state index is -1.11. The number of carboxylic acids is 1. The molecule has 0 saturated heterocycles. The monoisotopic (exact) mass is 503 g/mol. The van der Waals surface area contributed by atoms with Crippen LogP contribution in [0.25, 0.3) is 17.0 Å². The van der Waals surface area contributed by atoms with Crippen LogP contribution in [0.4, 0.5) is 5.69 Å². The number of hydrogen-bond acceptors (Lipinski definition) is 3. The molecule has 35 heavy (non-hydrogen) atoms. The molecule has 1 heterocycles. The normalized spacial score (nSPS) is 11.3. The Hall–Kier alpha value is -4.05. The van der Waals surface area contributed by atoms with Crippen molar-refractivity contribution in [1.82, 2.24) is 4.57 Å². The SMILES string of the molecule is Cc1c(/C=C(/C#N)C(=O)Nc2cccc(C(=O)O)c2)c2ccccc2n1Cc1ccc(Cl)cc1Cl. The predicted octanol–water partition coefficient (Wildman–Crippen LogP) is 6.55. The van der Waals surface area contributed by atoms with Gasteiger partial charge < -0.3 is 15.0 Å². The van der Waals surface area contributed by atoms with Crippen molar-refractivity contribution in [2.24, 2.45) is 0 Å². The lowest BCUT2D eigenvalue weighted by atomic mass is 10.1. The Labute approximate surface area is 211 Å². The number of aromatic nitrogens is 1. The first-order chi connectivity index (χ1) is 16.8. The first-order valence-corrected chi connectivity index (χ1v) is 11.3. The Kier molecular flexibility index (Phi) is 6.92. The fourth-order valence-electron chi connectivity index (χ4n) is 3.89. The molecule has 0 radical (unpaired) electrons. The summed E-state index contributed by atoms with van der Waals surface area (Å²) < 4.78 is 2.07. The van der Waals surface area contributed by atoms with E-state index in [4.69, 9.17) is 28.3 Å². The number of benzene rings is 3. The minimum Gasteiger partial charge on any atom is -0.478 e. The molecule has 2 N–H and O–H groups in total. The molecular weight excluding hydrogens is 485 g/mol. The summed E-state index contributed by atoms with van der Waals surface area (Å²) in [7, 11) is 0. The Balaban J connectivity index is 1.73. The number of anilines is 1. The van der Waals surface area contributed by atoms with E-state index >= 15 is 0 Å². The smallest absolute Gasteiger partial charge is 0.335 e. The van der Waals surface area contributed by atoms with Gasteiger partial charge in [-0.3, -0.25) is 4.79 Å². The molecule has 0 unspecified atom stereocenters. The zero-order valence-corrected chi connectivity index (χ0v) is 20.1. The number of halogens is 2. The van der Waals surface area contributed by atoms with Crippen molar-refractivity contribution in [2.45, 2.75) is 13.5 Å². The maximum absolute atomic E-state index is 12.9. The zero-order valence-electron chi connectivity index (χ0n) is 18.5. The van der Waals surface area contributed by atoms with Crippen LogP contribution in [0, 0.1) is 18.3 Å². The second kappa shape index (κ2) is 10.1. The molecule has 1 amide bonds. The Morgan fingerprint density at radius 2 is 1.86 bits per heavy atom. The molecule has 1 aromatic heterocycles. The fourth-order valence-corrected chi connectivity index (χ4v) is 4.35. The third-order valence-electron chi connectivity index (χ3n) is 5.64. The van der Waals surface area contributed by atoms with Gasteiger partial charge in [0.15, 0.2) is 0 Å². The van der Waals surface area contributed by atoms with Crippen LogP contribution in [0.2, 0.25) is 10.0 Å². The van der Waals surface area contributed by atoms with E-state index in [0.29, 0.717) is 16.6 Å². The number of amides is 1.